The first-order valence-corrected chi connectivity index (χ1v) is 8.50. The van der Waals surface area contributed by atoms with Crippen molar-refractivity contribution in [3.63, 3.8) is 0 Å². The predicted molar refractivity (Wildman–Crippen MR) is 90.8 cm³/mol. The third-order valence-corrected chi connectivity index (χ3v) is 4.82. The van der Waals surface area contributed by atoms with Crippen LogP contribution in [0.15, 0.2) is 18.2 Å². The molecule has 0 bridgehead atoms. The highest BCUT2D eigenvalue weighted by atomic mass is 16.1. The van der Waals surface area contributed by atoms with Crippen LogP contribution in [-0.2, 0) is 11.3 Å². The van der Waals surface area contributed by atoms with Gasteiger partial charge in [-0.2, -0.15) is 0 Å². The van der Waals surface area contributed by atoms with E-state index in [1.54, 1.807) is 0 Å². The fraction of sp³-hybridized carbons (Fsp3) is 0.526. The molecule has 0 atom stereocenters. The maximum absolute atomic E-state index is 12.3. The molecule has 0 aliphatic heterocycles. The number of aryl methyl sites for hydroxylation is 2. The minimum absolute atomic E-state index is 0.218. The van der Waals surface area contributed by atoms with Crippen LogP contribution >= 0.6 is 0 Å². The normalized spacial score (nSPS) is 16.6. The van der Waals surface area contributed by atoms with Crippen molar-refractivity contribution in [3.05, 3.63) is 35.0 Å². The standard InChI is InChI=1S/C19H26N2O/c1-13-9-14(2)17-11-16(21-18(17)10-13)12-20-19(22)15-7-5-3-4-6-8-15/h9-11,15,21H,3-8,12H2,1-2H3,(H,20,22). The third-order valence-electron chi connectivity index (χ3n) is 4.82. The number of carbonyl (C=O) groups excluding carboxylic acids is 1. The highest BCUT2D eigenvalue weighted by Gasteiger charge is 2.19. The second-order valence-corrected chi connectivity index (χ2v) is 6.74. The van der Waals surface area contributed by atoms with E-state index in [9.17, 15) is 4.79 Å². The molecule has 118 valence electrons. The molecule has 0 radical (unpaired) electrons. The molecule has 1 aliphatic rings. The summed E-state index contributed by atoms with van der Waals surface area (Å²) in [6.45, 7) is 4.85. The lowest BCUT2D eigenvalue weighted by molar-refractivity contribution is -0.125. The summed E-state index contributed by atoms with van der Waals surface area (Å²) in [5.41, 5.74) is 4.80. The van der Waals surface area contributed by atoms with E-state index in [1.807, 2.05) is 0 Å². The van der Waals surface area contributed by atoms with Crippen molar-refractivity contribution in [2.24, 2.45) is 5.92 Å². The fourth-order valence-corrected chi connectivity index (χ4v) is 3.62. The van der Waals surface area contributed by atoms with Crippen molar-refractivity contribution in [3.8, 4) is 0 Å². The summed E-state index contributed by atoms with van der Waals surface area (Å²) in [4.78, 5) is 15.8. The number of carbonyl (C=O) groups is 1. The number of fused-ring (bicyclic) bond motifs is 1. The lowest BCUT2D eigenvalue weighted by Gasteiger charge is -2.13. The van der Waals surface area contributed by atoms with Gasteiger partial charge in [0.05, 0.1) is 6.54 Å². The molecule has 0 spiro atoms. The Morgan fingerprint density at radius 3 is 2.59 bits per heavy atom. The number of hydrogen-bond donors (Lipinski definition) is 2. The molecule has 1 fully saturated rings. The van der Waals surface area contributed by atoms with E-state index in [1.165, 1.54) is 42.2 Å². The van der Waals surface area contributed by atoms with Crippen LogP contribution in [0.5, 0.6) is 0 Å². The molecule has 0 saturated heterocycles. The molecular weight excluding hydrogens is 272 g/mol. The number of aromatic amines is 1. The summed E-state index contributed by atoms with van der Waals surface area (Å²) in [7, 11) is 0. The number of nitrogens with one attached hydrogen (secondary N) is 2. The van der Waals surface area contributed by atoms with Crippen LogP contribution in [0.2, 0.25) is 0 Å². The van der Waals surface area contributed by atoms with Crippen molar-refractivity contribution >= 4 is 16.8 Å². The summed E-state index contributed by atoms with van der Waals surface area (Å²) in [5, 5.41) is 4.38. The van der Waals surface area contributed by atoms with Gasteiger partial charge in [-0.1, -0.05) is 31.7 Å². The van der Waals surface area contributed by atoms with E-state index in [4.69, 9.17) is 0 Å². The Balaban J connectivity index is 1.66. The highest BCUT2D eigenvalue weighted by molar-refractivity contribution is 5.85. The average molecular weight is 298 g/mol. The highest BCUT2D eigenvalue weighted by Crippen LogP contribution is 2.24. The first-order valence-electron chi connectivity index (χ1n) is 8.50. The smallest absolute Gasteiger partial charge is 0.223 e. The van der Waals surface area contributed by atoms with Crippen molar-refractivity contribution in [2.45, 2.75) is 58.9 Å². The molecule has 1 aliphatic carbocycles. The molecule has 2 N–H and O–H groups in total. The summed E-state index contributed by atoms with van der Waals surface area (Å²) < 4.78 is 0. The minimum Gasteiger partial charge on any atom is -0.357 e. The SMILES string of the molecule is Cc1cc(C)c2cc(CNC(=O)C3CCCCCC3)[nH]c2c1. The van der Waals surface area contributed by atoms with Gasteiger partial charge in [-0.25, -0.2) is 0 Å². The lowest BCUT2D eigenvalue weighted by Crippen LogP contribution is -2.30. The van der Waals surface area contributed by atoms with Crippen molar-refractivity contribution in [1.29, 1.82) is 0 Å². The number of hydrogen-bond acceptors (Lipinski definition) is 1. The molecule has 3 nitrogen and oxygen atoms in total. The second kappa shape index (κ2) is 6.55. The predicted octanol–water partition coefficient (Wildman–Crippen LogP) is 4.37. The number of amides is 1. The molecule has 3 rings (SSSR count). The zero-order valence-electron chi connectivity index (χ0n) is 13.7. The molecule has 22 heavy (non-hydrogen) atoms. The summed E-state index contributed by atoms with van der Waals surface area (Å²) >= 11 is 0. The Morgan fingerprint density at radius 2 is 1.86 bits per heavy atom. The molecular formula is C19H26N2O. The van der Waals surface area contributed by atoms with E-state index in [2.05, 4.69) is 42.3 Å². The minimum atomic E-state index is 0.218. The van der Waals surface area contributed by atoms with Crippen LogP contribution in [0.25, 0.3) is 10.9 Å². The van der Waals surface area contributed by atoms with Gasteiger partial charge in [0.15, 0.2) is 0 Å². The van der Waals surface area contributed by atoms with Crippen LogP contribution < -0.4 is 5.32 Å². The van der Waals surface area contributed by atoms with Gasteiger partial charge >= 0.3 is 0 Å². The molecule has 1 heterocycles. The topological polar surface area (TPSA) is 44.9 Å². The zero-order chi connectivity index (χ0) is 15.5. The molecule has 1 aromatic heterocycles. The summed E-state index contributed by atoms with van der Waals surface area (Å²) in [6, 6.07) is 6.53. The van der Waals surface area contributed by atoms with Crippen LogP contribution in [0.4, 0.5) is 0 Å². The van der Waals surface area contributed by atoms with E-state index in [-0.39, 0.29) is 11.8 Å². The summed E-state index contributed by atoms with van der Waals surface area (Å²) in [5.74, 6) is 0.448. The first kappa shape index (κ1) is 15.1. The number of aromatic nitrogens is 1. The number of rotatable bonds is 3. The molecule has 3 heteroatoms. The van der Waals surface area contributed by atoms with Crippen molar-refractivity contribution < 1.29 is 4.79 Å². The van der Waals surface area contributed by atoms with E-state index in [0.29, 0.717) is 6.54 Å². The zero-order valence-corrected chi connectivity index (χ0v) is 13.7. The third kappa shape index (κ3) is 3.34. The summed E-state index contributed by atoms with van der Waals surface area (Å²) in [6.07, 6.45) is 7.06. The fourth-order valence-electron chi connectivity index (χ4n) is 3.62. The molecule has 1 saturated carbocycles. The lowest BCUT2D eigenvalue weighted by atomic mass is 9.99. The van der Waals surface area contributed by atoms with Crippen LogP contribution in [0.1, 0.15) is 55.3 Å². The number of H-pyrrole nitrogens is 1. The van der Waals surface area contributed by atoms with Gasteiger partial charge in [-0.3, -0.25) is 4.79 Å². The van der Waals surface area contributed by atoms with Gasteiger partial charge < -0.3 is 10.3 Å². The van der Waals surface area contributed by atoms with E-state index < -0.39 is 0 Å². The Bertz CT molecular complexity index is 663. The number of benzene rings is 1. The van der Waals surface area contributed by atoms with Crippen LogP contribution in [0.3, 0.4) is 0 Å². The van der Waals surface area contributed by atoms with Crippen LogP contribution in [0, 0.1) is 19.8 Å². The van der Waals surface area contributed by atoms with E-state index >= 15 is 0 Å². The van der Waals surface area contributed by atoms with Gasteiger partial charge in [-0.15, -0.1) is 0 Å². The average Bonchev–Trinajstić information content (AvgIpc) is 2.71. The second-order valence-electron chi connectivity index (χ2n) is 6.74. The monoisotopic (exact) mass is 298 g/mol. The Morgan fingerprint density at radius 1 is 1.14 bits per heavy atom. The van der Waals surface area contributed by atoms with E-state index in [0.717, 1.165) is 24.1 Å². The maximum Gasteiger partial charge on any atom is 0.223 e. The quantitative estimate of drug-likeness (QED) is 0.812. The Hall–Kier alpha value is -1.77. The van der Waals surface area contributed by atoms with Crippen molar-refractivity contribution in [2.75, 3.05) is 0 Å². The molecule has 0 unspecified atom stereocenters. The van der Waals surface area contributed by atoms with Gasteiger partial charge in [0.25, 0.3) is 0 Å². The maximum atomic E-state index is 12.3. The first-order chi connectivity index (χ1) is 10.6. The van der Waals surface area contributed by atoms with Gasteiger partial charge in [-0.05, 0) is 49.9 Å². The van der Waals surface area contributed by atoms with Gasteiger partial charge in [0.1, 0.15) is 0 Å². The van der Waals surface area contributed by atoms with Gasteiger partial charge in [0, 0.05) is 22.5 Å². The molecule has 1 amide bonds. The Kier molecular flexibility index (Phi) is 4.51. The molecule has 1 aromatic carbocycles. The van der Waals surface area contributed by atoms with Crippen molar-refractivity contribution in [1.82, 2.24) is 10.3 Å². The Labute approximate surface area is 132 Å². The van der Waals surface area contributed by atoms with Gasteiger partial charge in [0.2, 0.25) is 5.91 Å². The van der Waals surface area contributed by atoms with Crippen LogP contribution in [-0.4, -0.2) is 10.9 Å². The largest absolute Gasteiger partial charge is 0.357 e. The molecule has 2 aromatic rings.